The van der Waals surface area contributed by atoms with Crippen LogP contribution in [0.1, 0.15) is 18.5 Å². The number of pyridine rings is 1. The molecule has 5 heteroatoms. The van der Waals surface area contributed by atoms with E-state index in [0.717, 1.165) is 24.6 Å². The molecule has 100 valence electrons. The number of rotatable bonds is 3. The van der Waals surface area contributed by atoms with Crippen molar-refractivity contribution in [2.24, 2.45) is 5.73 Å². The van der Waals surface area contributed by atoms with Crippen molar-refractivity contribution in [3.05, 3.63) is 22.8 Å². The van der Waals surface area contributed by atoms with Crippen molar-refractivity contribution in [2.75, 3.05) is 32.1 Å². The Balaban J connectivity index is 2.05. The first kappa shape index (κ1) is 13.6. The van der Waals surface area contributed by atoms with Gasteiger partial charge in [-0.2, -0.15) is 0 Å². The van der Waals surface area contributed by atoms with Gasteiger partial charge in [-0.25, -0.2) is 4.98 Å². The molecule has 2 rings (SSSR count). The fourth-order valence-electron chi connectivity index (χ4n) is 2.40. The molecule has 0 aromatic carbocycles. The smallest absolute Gasteiger partial charge is 0.128 e. The first-order valence-electron chi connectivity index (χ1n) is 6.38. The monoisotopic (exact) mass is 268 g/mol. The highest BCUT2D eigenvalue weighted by Crippen LogP contribution is 2.23. The van der Waals surface area contributed by atoms with Crippen LogP contribution in [-0.2, 0) is 6.54 Å². The topological polar surface area (TPSA) is 45.4 Å². The van der Waals surface area contributed by atoms with E-state index < -0.39 is 0 Å². The van der Waals surface area contributed by atoms with Gasteiger partial charge in [0, 0.05) is 25.7 Å². The van der Waals surface area contributed by atoms with Crippen LogP contribution in [0.25, 0.3) is 0 Å². The number of piperidine rings is 1. The maximum absolute atomic E-state index is 6.03. The minimum absolute atomic E-state index is 0.390. The number of nitrogens with two attached hydrogens (primary N) is 1. The van der Waals surface area contributed by atoms with Crippen LogP contribution in [0.2, 0.25) is 5.02 Å². The predicted molar refractivity (Wildman–Crippen MR) is 76.1 cm³/mol. The fourth-order valence-corrected chi connectivity index (χ4v) is 2.59. The second kappa shape index (κ2) is 5.87. The third kappa shape index (κ3) is 2.94. The maximum Gasteiger partial charge on any atom is 0.128 e. The quantitative estimate of drug-likeness (QED) is 0.907. The molecule has 0 amide bonds. The summed E-state index contributed by atoms with van der Waals surface area (Å²) < 4.78 is 0. The Labute approximate surface area is 114 Å². The molecule has 1 aliphatic rings. The van der Waals surface area contributed by atoms with Crippen LogP contribution in [0.5, 0.6) is 0 Å². The second-order valence-corrected chi connectivity index (χ2v) is 5.39. The standard InChI is InChI=1S/C13H21ClN4/c1-17(2)10-5-7-18(8-6-10)13-4-3-11(14)12(9-15)16-13/h3-4,10H,5-9,15H2,1-2H3. The lowest BCUT2D eigenvalue weighted by molar-refractivity contribution is 0.249. The second-order valence-electron chi connectivity index (χ2n) is 4.98. The van der Waals surface area contributed by atoms with Gasteiger partial charge in [0.25, 0.3) is 0 Å². The van der Waals surface area contributed by atoms with Crippen LogP contribution in [0, 0.1) is 0 Å². The van der Waals surface area contributed by atoms with E-state index in [1.54, 1.807) is 0 Å². The molecule has 1 fully saturated rings. The molecule has 1 saturated heterocycles. The lowest BCUT2D eigenvalue weighted by atomic mass is 10.0. The third-order valence-corrected chi connectivity index (χ3v) is 3.96. The molecule has 2 N–H and O–H groups in total. The highest BCUT2D eigenvalue weighted by atomic mass is 35.5. The molecular weight excluding hydrogens is 248 g/mol. The van der Waals surface area contributed by atoms with Gasteiger partial charge in [-0.05, 0) is 39.1 Å². The van der Waals surface area contributed by atoms with Gasteiger partial charge in [-0.3, -0.25) is 0 Å². The highest BCUT2D eigenvalue weighted by Gasteiger charge is 2.21. The molecule has 0 saturated carbocycles. The summed E-state index contributed by atoms with van der Waals surface area (Å²) in [4.78, 5) is 9.16. The summed E-state index contributed by atoms with van der Waals surface area (Å²) in [6.07, 6.45) is 2.35. The summed E-state index contributed by atoms with van der Waals surface area (Å²) in [6, 6.07) is 4.56. The Morgan fingerprint density at radius 2 is 2.06 bits per heavy atom. The zero-order valence-corrected chi connectivity index (χ0v) is 11.8. The van der Waals surface area contributed by atoms with Gasteiger partial charge >= 0.3 is 0 Å². The van der Waals surface area contributed by atoms with Crippen molar-refractivity contribution < 1.29 is 0 Å². The van der Waals surface area contributed by atoms with Crippen molar-refractivity contribution in [3.8, 4) is 0 Å². The summed E-state index contributed by atoms with van der Waals surface area (Å²) in [6.45, 7) is 2.48. The van der Waals surface area contributed by atoms with Crippen molar-refractivity contribution in [2.45, 2.75) is 25.4 Å². The molecule has 1 aromatic rings. The molecule has 0 atom stereocenters. The van der Waals surface area contributed by atoms with Crippen molar-refractivity contribution in [3.63, 3.8) is 0 Å². The Morgan fingerprint density at radius 1 is 1.39 bits per heavy atom. The van der Waals surface area contributed by atoms with Crippen molar-refractivity contribution in [1.82, 2.24) is 9.88 Å². The van der Waals surface area contributed by atoms with E-state index in [9.17, 15) is 0 Å². The van der Waals surface area contributed by atoms with Crippen LogP contribution >= 0.6 is 11.6 Å². The lowest BCUT2D eigenvalue weighted by Crippen LogP contribution is -2.42. The average molecular weight is 269 g/mol. The summed E-state index contributed by atoms with van der Waals surface area (Å²) in [5, 5.41) is 0.657. The fraction of sp³-hybridized carbons (Fsp3) is 0.615. The highest BCUT2D eigenvalue weighted by molar-refractivity contribution is 6.31. The summed E-state index contributed by atoms with van der Waals surface area (Å²) in [5.74, 6) is 0.997. The molecule has 0 unspecified atom stereocenters. The van der Waals surface area contributed by atoms with Gasteiger partial charge in [-0.15, -0.1) is 0 Å². The largest absolute Gasteiger partial charge is 0.356 e. The van der Waals surface area contributed by atoms with Gasteiger partial charge in [0.2, 0.25) is 0 Å². The van der Waals surface area contributed by atoms with E-state index in [0.29, 0.717) is 17.6 Å². The zero-order chi connectivity index (χ0) is 13.1. The van der Waals surface area contributed by atoms with Crippen molar-refractivity contribution in [1.29, 1.82) is 0 Å². The van der Waals surface area contributed by atoms with Gasteiger partial charge in [0.1, 0.15) is 5.82 Å². The van der Waals surface area contributed by atoms with E-state index >= 15 is 0 Å². The summed E-state index contributed by atoms with van der Waals surface area (Å²) in [7, 11) is 4.29. The number of halogens is 1. The molecule has 4 nitrogen and oxygen atoms in total. The third-order valence-electron chi connectivity index (χ3n) is 3.62. The Bertz CT molecular complexity index is 400. The van der Waals surface area contributed by atoms with Gasteiger partial charge in [0.05, 0.1) is 10.7 Å². The Morgan fingerprint density at radius 3 is 2.61 bits per heavy atom. The van der Waals surface area contributed by atoms with Gasteiger partial charge in [0.15, 0.2) is 0 Å². The van der Waals surface area contributed by atoms with E-state index in [-0.39, 0.29) is 0 Å². The predicted octanol–water partition coefficient (Wildman–Crippen LogP) is 1.72. The van der Waals surface area contributed by atoms with E-state index in [1.165, 1.54) is 12.8 Å². The Hall–Kier alpha value is -0.840. The number of nitrogens with zero attached hydrogens (tertiary/aromatic N) is 3. The van der Waals surface area contributed by atoms with Crippen LogP contribution in [0.15, 0.2) is 12.1 Å². The van der Waals surface area contributed by atoms with Gasteiger partial charge in [-0.1, -0.05) is 11.6 Å². The molecule has 0 aliphatic carbocycles. The molecule has 1 aliphatic heterocycles. The minimum Gasteiger partial charge on any atom is -0.356 e. The molecular formula is C13H21ClN4. The number of anilines is 1. The molecule has 0 spiro atoms. The zero-order valence-electron chi connectivity index (χ0n) is 11.1. The summed E-state index contributed by atoms with van der Waals surface area (Å²) >= 11 is 6.03. The molecule has 0 bridgehead atoms. The number of hydrogen-bond acceptors (Lipinski definition) is 4. The van der Waals surface area contributed by atoms with Crippen LogP contribution in [0.3, 0.4) is 0 Å². The first-order valence-corrected chi connectivity index (χ1v) is 6.76. The van der Waals surface area contributed by atoms with Gasteiger partial charge < -0.3 is 15.5 Å². The Kier molecular flexibility index (Phi) is 4.43. The SMILES string of the molecule is CN(C)C1CCN(c2ccc(Cl)c(CN)n2)CC1. The van der Waals surface area contributed by atoms with Crippen LogP contribution in [0.4, 0.5) is 5.82 Å². The van der Waals surface area contributed by atoms with Crippen LogP contribution < -0.4 is 10.6 Å². The molecule has 0 radical (unpaired) electrons. The normalized spacial score (nSPS) is 17.5. The number of hydrogen-bond donors (Lipinski definition) is 1. The maximum atomic E-state index is 6.03. The molecule has 18 heavy (non-hydrogen) atoms. The lowest BCUT2D eigenvalue weighted by Gasteiger charge is -2.36. The first-order chi connectivity index (χ1) is 8.61. The summed E-state index contributed by atoms with van der Waals surface area (Å²) in [5.41, 5.74) is 6.42. The number of aromatic nitrogens is 1. The van der Waals surface area contributed by atoms with E-state index in [1.807, 2.05) is 12.1 Å². The minimum atomic E-state index is 0.390. The van der Waals surface area contributed by atoms with E-state index in [2.05, 4.69) is 28.9 Å². The van der Waals surface area contributed by atoms with Crippen molar-refractivity contribution >= 4 is 17.4 Å². The molecule has 1 aromatic heterocycles. The average Bonchev–Trinajstić information content (AvgIpc) is 2.39. The van der Waals surface area contributed by atoms with Crippen LogP contribution in [-0.4, -0.2) is 43.1 Å². The molecule has 2 heterocycles. The van der Waals surface area contributed by atoms with E-state index in [4.69, 9.17) is 17.3 Å².